The Morgan fingerprint density at radius 1 is 0.586 bits per heavy atom. The molecule has 3 heterocycles. The number of anilines is 2. The summed E-state index contributed by atoms with van der Waals surface area (Å²) in [6.45, 7) is 15.7. The fourth-order valence-corrected chi connectivity index (χ4v) is 7.87. The third kappa shape index (κ3) is 7.48. The van der Waals surface area contributed by atoms with Gasteiger partial charge in [-0.25, -0.2) is 4.98 Å². The van der Waals surface area contributed by atoms with E-state index in [9.17, 15) is 0 Å². The van der Waals surface area contributed by atoms with E-state index in [2.05, 4.69) is 202 Å². The molecule has 8 aromatic rings. The van der Waals surface area contributed by atoms with Crippen molar-refractivity contribution in [1.29, 1.82) is 0 Å². The van der Waals surface area contributed by atoms with E-state index in [4.69, 9.17) is 9.72 Å². The Bertz CT molecular complexity index is 2720. The molecule has 292 valence electrons. The van der Waals surface area contributed by atoms with E-state index < -0.39 is 0 Å². The minimum atomic E-state index is -0.0897. The van der Waals surface area contributed by atoms with Gasteiger partial charge in [-0.3, -0.25) is 0 Å². The number of para-hydroxylation sites is 1. The largest absolute Gasteiger partial charge is 0.509 e. The van der Waals surface area contributed by atoms with Crippen LogP contribution in [-0.4, -0.2) is 9.55 Å². The first kappa shape index (κ1) is 38.9. The molecule has 0 radical (unpaired) electrons. The zero-order valence-electron chi connectivity index (χ0n) is 33.6. The topological polar surface area (TPSA) is 33.5 Å². The van der Waals surface area contributed by atoms with Gasteiger partial charge < -0.3 is 19.1 Å². The smallest absolute Gasteiger partial charge is 0.135 e. The normalized spacial score (nSPS) is 13.0. The summed E-state index contributed by atoms with van der Waals surface area (Å²) >= 11 is 0. The number of rotatable bonds is 7. The van der Waals surface area contributed by atoms with Crippen molar-refractivity contribution >= 4 is 33.2 Å². The van der Waals surface area contributed by atoms with Crippen LogP contribution in [0.2, 0.25) is 0 Å². The van der Waals surface area contributed by atoms with Crippen molar-refractivity contribution in [2.45, 2.75) is 52.4 Å². The van der Waals surface area contributed by atoms with E-state index in [1.165, 1.54) is 33.4 Å². The van der Waals surface area contributed by atoms with Crippen LogP contribution in [0.3, 0.4) is 0 Å². The Morgan fingerprint density at radius 3 is 1.90 bits per heavy atom. The molecule has 0 bridgehead atoms. The average molecular weight is 937 g/mol. The Balaban J connectivity index is 0.00000469. The number of fused-ring (bicyclic) bond motifs is 3. The fraction of sp³-hybridized carbons (Fsp3) is 0.154. The minimum Gasteiger partial charge on any atom is -0.509 e. The third-order valence-electron chi connectivity index (χ3n) is 10.6. The molecule has 6 aromatic carbocycles. The molecule has 58 heavy (non-hydrogen) atoms. The van der Waals surface area contributed by atoms with E-state index in [1.54, 1.807) is 0 Å². The van der Waals surface area contributed by atoms with Crippen molar-refractivity contribution in [3.8, 4) is 39.6 Å². The average Bonchev–Trinajstić information content (AvgIpc) is 3.84. The molecule has 0 fully saturated rings. The first-order valence-corrected chi connectivity index (χ1v) is 19.5. The van der Waals surface area contributed by atoms with Gasteiger partial charge in [0.2, 0.25) is 0 Å². The summed E-state index contributed by atoms with van der Waals surface area (Å²) in [6.07, 6.45) is 6.06. The molecule has 0 saturated heterocycles. The maximum absolute atomic E-state index is 6.51. The first-order chi connectivity index (χ1) is 27.5. The Labute approximate surface area is 356 Å². The Kier molecular flexibility index (Phi) is 10.4. The number of hydrogen-bond acceptors (Lipinski definition) is 4. The van der Waals surface area contributed by atoms with Gasteiger partial charge in [0.1, 0.15) is 5.82 Å². The molecule has 0 aliphatic carbocycles. The van der Waals surface area contributed by atoms with Crippen LogP contribution in [0.1, 0.15) is 52.7 Å². The van der Waals surface area contributed by atoms with Crippen molar-refractivity contribution in [2.24, 2.45) is 0 Å². The van der Waals surface area contributed by atoms with Gasteiger partial charge in [0.05, 0.1) is 0 Å². The van der Waals surface area contributed by atoms with Gasteiger partial charge in [-0.1, -0.05) is 126 Å². The van der Waals surface area contributed by atoms with Crippen LogP contribution in [0.5, 0.6) is 11.5 Å². The maximum atomic E-state index is 6.51. The van der Waals surface area contributed by atoms with E-state index >= 15 is 0 Å². The van der Waals surface area contributed by atoms with Gasteiger partial charge in [0.25, 0.3) is 0 Å². The summed E-state index contributed by atoms with van der Waals surface area (Å²) in [5.41, 5.74) is 11.2. The quantitative estimate of drug-likeness (QED) is 0.149. The number of nitrogens with zero attached hydrogens (tertiary/aromatic N) is 4. The number of hydrogen-bond donors (Lipinski definition) is 0. The fourth-order valence-electron chi connectivity index (χ4n) is 7.87. The van der Waals surface area contributed by atoms with Crippen LogP contribution >= 0.6 is 0 Å². The third-order valence-corrected chi connectivity index (χ3v) is 10.6. The number of benzene rings is 6. The van der Waals surface area contributed by atoms with Crippen LogP contribution in [0.25, 0.3) is 49.9 Å². The molecule has 1 aliphatic rings. The Hall–Kier alpha value is -5.90. The van der Waals surface area contributed by atoms with E-state index in [0.717, 1.165) is 39.0 Å². The molecule has 0 amide bonds. The van der Waals surface area contributed by atoms with E-state index in [-0.39, 0.29) is 31.9 Å². The van der Waals surface area contributed by atoms with Crippen LogP contribution < -0.4 is 14.5 Å². The summed E-state index contributed by atoms with van der Waals surface area (Å²) in [5, 5.41) is 2.24. The molecule has 0 N–H and O–H groups in total. The second kappa shape index (κ2) is 15.5. The summed E-state index contributed by atoms with van der Waals surface area (Å²) < 4.78 is 8.70. The molecule has 5 nitrogen and oxygen atoms in total. The van der Waals surface area contributed by atoms with Crippen molar-refractivity contribution in [2.75, 3.05) is 9.80 Å². The van der Waals surface area contributed by atoms with Crippen molar-refractivity contribution < 1.29 is 25.8 Å². The second-order valence-corrected chi connectivity index (χ2v) is 16.7. The van der Waals surface area contributed by atoms with Gasteiger partial charge in [-0.2, -0.15) is 12.1 Å². The van der Waals surface area contributed by atoms with Crippen molar-refractivity contribution in [3.05, 3.63) is 188 Å². The molecule has 2 aromatic heterocycles. The SMILES string of the molecule is CC(C)(C)c1ccnc(-n2c3[c-]c(Oc4[c-]c(N5C=CN(c6cc(-c7ccccc7)c(C(C)(C)C)c(-c7ccccc7)c6)[CH-]5)ccc4)ccc3c3ccccc32)c1.[Pt]. The molecular formula is C52H45N4OPt-3. The molecular weight excluding hydrogens is 892 g/mol. The number of ether oxygens (including phenoxy) is 1. The summed E-state index contributed by atoms with van der Waals surface area (Å²) in [6, 6.07) is 56.0. The summed E-state index contributed by atoms with van der Waals surface area (Å²) in [7, 11) is 0. The zero-order chi connectivity index (χ0) is 39.3. The predicted octanol–water partition coefficient (Wildman–Crippen LogP) is 13.4. The van der Waals surface area contributed by atoms with Gasteiger partial charge in [-0.05, 0) is 92.3 Å². The molecule has 0 atom stereocenters. The molecule has 6 heteroatoms. The maximum Gasteiger partial charge on any atom is 0.135 e. The van der Waals surface area contributed by atoms with Crippen LogP contribution in [0, 0.1) is 18.8 Å². The van der Waals surface area contributed by atoms with Crippen LogP contribution in [0.4, 0.5) is 11.4 Å². The van der Waals surface area contributed by atoms with Gasteiger partial charge in [-0.15, -0.1) is 48.1 Å². The number of aromatic nitrogens is 2. The molecule has 0 saturated carbocycles. The Morgan fingerprint density at radius 2 is 1.22 bits per heavy atom. The molecule has 0 unspecified atom stereocenters. The zero-order valence-corrected chi connectivity index (χ0v) is 35.9. The predicted molar refractivity (Wildman–Crippen MR) is 236 cm³/mol. The molecule has 9 rings (SSSR count). The number of pyridine rings is 1. The first-order valence-electron chi connectivity index (χ1n) is 19.5. The van der Waals surface area contributed by atoms with Gasteiger partial charge >= 0.3 is 0 Å². The van der Waals surface area contributed by atoms with E-state index in [1.807, 2.05) is 30.5 Å². The van der Waals surface area contributed by atoms with E-state index in [0.29, 0.717) is 11.5 Å². The molecule has 0 spiro atoms. The van der Waals surface area contributed by atoms with Crippen molar-refractivity contribution in [1.82, 2.24) is 9.55 Å². The second-order valence-electron chi connectivity index (χ2n) is 16.7. The standard InChI is InChI=1S/C52H45N4O.Pt/c1-51(2,3)38-26-27-53-49(30-38)56-47-23-14-13-22-43(47)44-25-24-42(34-48(44)56)57-41-21-15-20-39(31-41)54-28-29-55(35-54)40-32-45(36-16-9-7-10-17-36)50(52(4,5)6)46(33-40)37-18-11-8-12-19-37;/h7-30,32-33,35H,1-6H3;/q-3;. The van der Waals surface area contributed by atoms with Gasteiger partial charge in [0.15, 0.2) is 0 Å². The summed E-state index contributed by atoms with van der Waals surface area (Å²) in [4.78, 5) is 9.08. The summed E-state index contributed by atoms with van der Waals surface area (Å²) in [5.74, 6) is 2.07. The van der Waals surface area contributed by atoms with Crippen molar-refractivity contribution in [3.63, 3.8) is 0 Å². The molecule has 1 aliphatic heterocycles. The van der Waals surface area contributed by atoms with Crippen LogP contribution in [-0.2, 0) is 31.9 Å². The van der Waals surface area contributed by atoms with Crippen LogP contribution in [0.15, 0.2) is 158 Å². The monoisotopic (exact) mass is 936 g/mol. The minimum absolute atomic E-state index is 0. The van der Waals surface area contributed by atoms with Gasteiger partial charge in [0, 0.05) is 50.0 Å².